The topological polar surface area (TPSA) is 226 Å². The van der Waals surface area contributed by atoms with Crippen LogP contribution in [0.1, 0.15) is 74.7 Å². The molecule has 2 aromatic rings. The lowest BCUT2D eigenvalue weighted by Crippen LogP contribution is -2.63. The van der Waals surface area contributed by atoms with Crippen molar-refractivity contribution in [2.45, 2.75) is 141 Å². The van der Waals surface area contributed by atoms with E-state index in [1.54, 1.807) is 40.0 Å². The average molecular weight is 817 g/mol. The van der Waals surface area contributed by atoms with Gasteiger partial charge in [-0.25, -0.2) is 23.8 Å². The van der Waals surface area contributed by atoms with Gasteiger partial charge < -0.3 is 39.8 Å². The lowest BCUT2D eigenvalue weighted by atomic mass is 9.73. The average Bonchev–Trinajstić information content (AvgIpc) is 3.65. The molecule has 0 aliphatic carbocycles. The van der Waals surface area contributed by atoms with Crippen LogP contribution in [0.15, 0.2) is 18.5 Å². The highest BCUT2D eigenvalue weighted by Gasteiger charge is 2.56. The molecule has 17 nitrogen and oxygen atoms in total. The Hall–Kier alpha value is -3.96. The van der Waals surface area contributed by atoms with Gasteiger partial charge >= 0.3 is 5.97 Å². The van der Waals surface area contributed by atoms with E-state index < -0.39 is 77.0 Å². The molecule has 0 aromatic carbocycles. The number of nitrogens with two attached hydrogens (primary N) is 1. The van der Waals surface area contributed by atoms with Crippen molar-refractivity contribution in [3.05, 3.63) is 18.5 Å². The minimum Gasteiger partial charge on any atom is -0.457 e. The first-order chi connectivity index (χ1) is 27.1. The molecule has 4 rings (SSSR count). The van der Waals surface area contributed by atoms with Crippen molar-refractivity contribution >= 4 is 23.4 Å². The van der Waals surface area contributed by atoms with Crippen LogP contribution in [0, 0.1) is 29.6 Å². The summed E-state index contributed by atoms with van der Waals surface area (Å²) in [5, 5.41) is 34.8. The number of methoxy groups -OCH3 is 1. The maximum atomic E-state index is 16.7. The third kappa shape index (κ3) is 10.2. The Bertz CT molecular complexity index is 1810. The van der Waals surface area contributed by atoms with Crippen LogP contribution in [0.3, 0.4) is 0 Å². The zero-order chi connectivity index (χ0) is 43.3. The van der Waals surface area contributed by atoms with Crippen LogP contribution in [0.25, 0.3) is 11.5 Å². The van der Waals surface area contributed by atoms with Gasteiger partial charge in [0.2, 0.25) is 0 Å². The molecule has 2 unspecified atom stereocenters. The Morgan fingerprint density at radius 1 is 1.14 bits per heavy atom. The number of anilines is 1. The number of Topliss-reactive ketones (excluding diaryl/α,β-unsaturated/α-hetero) is 2. The molecule has 58 heavy (non-hydrogen) atoms. The van der Waals surface area contributed by atoms with Crippen molar-refractivity contribution in [3.8, 4) is 23.4 Å². The summed E-state index contributed by atoms with van der Waals surface area (Å²) >= 11 is 0. The predicted molar refractivity (Wildman–Crippen MR) is 210 cm³/mol. The first-order valence-corrected chi connectivity index (χ1v) is 19.7. The molecule has 0 bridgehead atoms. The summed E-state index contributed by atoms with van der Waals surface area (Å²) < 4.78 is 42.4. The number of ether oxygens (including phenoxy) is 4. The number of carbonyl (C=O) groups is 3. The van der Waals surface area contributed by atoms with Gasteiger partial charge in [-0.3, -0.25) is 14.9 Å². The van der Waals surface area contributed by atoms with E-state index in [4.69, 9.17) is 24.7 Å². The zero-order valence-electron chi connectivity index (χ0n) is 35.4. The quantitative estimate of drug-likeness (QED) is 0.161. The number of esters is 1. The van der Waals surface area contributed by atoms with Crippen molar-refractivity contribution in [3.63, 3.8) is 0 Å². The summed E-state index contributed by atoms with van der Waals surface area (Å²) in [4.78, 5) is 52.4. The molecule has 2 aliphatic rings. The second-order valence-corrected chi connectivity index (χ2v) is 16.4. The van der Waals surface area contributed by atoms with Crippen LogP contribution in [0.2, 0.25) is 0 Å². The van der Waals surface area contributed by atoms with Crippen LogP contribution >= 0.6 is 0 Å². The third-order valence-corrected chi connectivity index (χ3v) is 11.6. The predicted octanol–water partition coefficient (Wildman–Crippen LogP) is 1.75. The van der Waals surface area contributed by atoms with Crippen LogP contribution in [0.4, 0.5) is 10.2 Å². The van der Waals surface area contributed by atoms with Crippen molar-refractivity contribution in [2.75, 3.05) is 33.5 Å². The van der Waals surface area contributed by atoms with Crippen LogP contribution in [0.5, 0.6) is 0 Å². The SMILES string of the molecule is CC[C@H]1OC(=O)[C@@](C)(F)C(=O)[C@H](C)[C@@H](O[C@@H]2O[C@H](C)CC(N(C)C)C2O)[C@](C)(OC)C[C@@H](C)C(=O)[C@H](C)[C@@H](NCC#CCn2cc(-c3nccc(N)n3)nn2)[C@]1(C)O. The summed E-state index contributed by atoms with van der Waals surface area (Å²) in [6, 6.07) is 0.111. The van der Waals surface area contributed by atoms with Crippen LogP contribution < -0.4 is 11.1 Å². The summed E-state index contributed by atoms with van der Waals surface area (Å²) in [5.41, 5.74) is -0.464. The van der Waals surface area contributed by atoms with Gasteiger partial charge in [-0.05, 0) is 67.1 Å². The van der Waals surface area contributed by atoms with Gasteiger partial charge in [-0.1, -0.05) is 44.7 Å². The highest BCUT2D eigenvalue weighted by atomic mass is 19.1. The molecule has 0 spiro atoms. The monoisotopic (exact) mass is 816 g/mol. The van der Waals surface area contributed by atoms with E-state index >= 15 is 4.39 Å². The highest BCUT2D eigenvalue weighted by molar-refractivity contribution is 6.07. The standard InChI is InChI=1S/C40H61FN8O9/c1-12-28-40(8,54)32(43-16-13-14-18-49-21-26(46-47-49)35-44-17-15-29(42)45-35)24(4)30(50)22(2)20-38(6,55-11)34(25(5)33(52)39(7,41)37(53)57-28)58-36-31(51)27(48(9)10)19-23(3)56-36/h15,17,21-25,27-28,31-32,34,36,43,51,54H,12,16,18-20H2,1-11H3,(H2,42,44,45)/t22-,23-,24+,25+,27?,28-,31?,32-,34-,36+,38-,39+,40-/m1/s1. The Morgan fingerprint density at radius 2 is 1.83 bits per heavy atom. The van der Waals surface area contributed by atoms with Crippen molar-refractivity contribution in [1.82, 2.24) is 35.2 Å². The van der Waals surface area contributed by atoms with E-state index in [0.29, 0.717) is 17.9 Å². The first kappa shape index (κ1) is 46.7. The van der Waals surface area contributed by atoms with E-state index in [1.165, 1.54) is 31.8 Å². The molecular weight excluding hydrogens is 755 g/mol. The van der Waals surface area contributed by atoms with Crippen molar-refractivity contribution in [2.24, 2.45) is 17.8 Å². The van der Waals surface area contributed by atoms with Gasteiger partial charge in [-0.15, -0.1) is 5.10 Å². The highest BCUT2D eigenvalue weighted by Crippen LogP contribution is 2.39. The van der Waals surface area contributed by atoms with E-state index in [9.17, 15) is 24.6 Å². The number of carbonyl (C=O) groups excluding carboxylic acids is 3. The number of alkyl halides is 1. The van der Waals surface area contributed by atoms with Gasteiger partial charge in [0.15, 0.2) is 17.9 Å². The normalized spacial score (nSPS) is 36.8. The molecule has 2 fully saturated rings. The summed E-state index contributed by atoms with van der Waals surface area (Å²) in [6.07, 6.45) is -1.83. The van der Waals surface area contributed by atoms with Gasteiger partial charge in [0, 0.05) is 43.1 Å². The van der Waals surface area contributed by atoms with Crippen molar-refractivity contribution < 1.29 is 47.9 Å². The van der Waals surface area contributed by atoms with Gasteiger partial charge in [0.05, 0.1) is 30.6 Å². The number of aliphatic hydroxyl groups excluding tert-OH is 1. The molecule has 4 heterocycles. The summed E-state index contributed by atoms with van der Waals surface area (Å²) in [5.74, 6) is 0.514. The number of hydrogen-bond donors (Lipinski definition) is 4. The minimum absolute atomic E-state index is 0.0138. The fourth-order valence-corrected chi connectivity index (χ4v) is 8.17. The first-order valence-electron chi connectivity index (χ1n) is 19.7. The van der Waals surface area contributed by atoms with Crippen LogP contribution in [-0.4, -0.2) is 145 Å². The molecule has 2 aromatic heterocycles. The molecule has 0 radical (unpaired) electrons. The number of nitrogens with one attached hydrogen (secondary N) is 1. The molecule has 13 atom stereocenters. The summed E-state index contributed by atoms with van der Waals surface area (Å²) in [6.45, 7) is 12.2. The molecule has 18 heteroatoms. The van der Waals surface area contributed by atoms with Gasteiger partial charge in [-0.2, -0.15) is 0 Å². The number of rotatable bonds is 9. The number of nitrogens with zero attached hydrogens (tertiary/aromatic N) is 6. The number of cyclic esters (lactones) is 1. The Balaban J connectivity index is 1.66. The fraction of sp³-hybridized carbons (Fsp3) is 0.725. The third-order valence-electron chi connectivity index (χ3n) is 11.6. The molecule has 322 valence electrons. The van der Waals surface area contributed by atoms with Gasteiger partial charge in [0.25, 0.3) is 5.67 Å². The molecule has 5 N–H and O–H groups in total. The van der Waals surface area contributed by atoms with E-state index in [-0.39, 0.29) is 49.7 Å². The Morgan fingerprint density at radius 3 is 2.45 bits per heavy atom. The smallest absolute Gasteiger partial charge is 0.351 e. The van der Waals surface area contributed by atoms with Gasteiger partial charge in [0.1, 0.15) is 41.6 Å². The molecule has 0 amide bonds. The van der Waals surface area contributed by atoms with E-state index in [1.807, 2.05) is 25.9 Å². The Kier molecular flexibility index (Phi) is 15.3. The van der Waals surface area contributed by atoms with Crippen LogP contribution in [-0.2, 0) is 39.9 Å². The zero-order valence-corrected chi connectivity index (χ0v) is 35.4. The number of nitrogen functional groups attached to an aromatic ring is 1. The lowest BCUT2D eigenvalue weighted by Gasteiger charge is -2.47. The molecule has 0 saturated carbocycles. The number of aromatic nitrogens is 5. The lowest BCUT2D eigenvalue weighted by molar-refractivity contribution is -0.295. The minimum atomic E-state index is -3.20. The maximum absolute atomic E-state index is 16.7. The number of ketones is 2. The second kappa shape index (κ2) is 19.0. The molecule has 2 saturated heterocycles. The Labute approximate surface area is 339 Å². The fourth-order valence-electron chi connectivity index (χ4n) is 8.17. The largest absolute Gasteiger partial charge is 0.457 e. The van der Waals surface area contributed by atoms with Crippen molar-refractivity contribution in [1.29, 1.82) is 0 Å². The molecule has 2 aliphatic heterocycles. The van der Waals surface area contributed by atoms with E-state index in [0.717, 1.165) is 6.92 Å². The number of hydrogen-bond acceptors (Lipinski definition) is 16. The number of aliphatic hydroxyl groups is 2. The second-order valence-electron chi connectivity index (χ2n) is 16.4. The summed E-state index contributed by atoms with van der Waals surface area (Å²) in [7, 11) is 5.01. The number of likely N-dealkylation sites (N-methyl/N-ethyl adjacent to an activating group) is 1. The molecular formula is C40H61FN8O9. The maximum Gasteiger partial charge on any atom is 0.351 e. The van der Waals surface area contributed by atoms with E-state index in [2.05, 4.69) is 37.4 Å². The number of halogens is 1.